The van der Waals surface area contributed by atoms with Crippen LogP contribution in [0.25, 0.3) is 0 Å². The molecule has 0 aromatic heterocycles. The molecule has 0 amide bonds. The Bertz CT molecular complexity index is 1360. The summed E-state index contributed by atoms with van der Waals surface area (Å²) in [5.74, 6) is 0. The lowest BCUT2D eigenvalue weighted by Gasteiger charge is -2.53. The van der Waals surface area contributed by atoms with Crippen molar-refractivity contribution in [1.29, 1.82) is 0 Å². The second kappa shape index (κ2) is 17.2. The van der Waals surface area contributed by atoms with Crippen LogP contribution in [0.15, 0.2) is 24.3 Å². The molecule has 0 aliphatic rings. The first kappa shape index (κ1) is 46.8. The Balaban J connectivity index is 3.69. The molecular formula is C35H60O12P4. The van der Waals surface area contributed by atoms with Crippen molar-refractivity contribution in [1.82, 2.24) is 0 Å². The van der Waals surface area contributed by atoms with E-state index in [9.17, 15) is 39.1 Å². The molecule has 0 aliphatic carbocycles. The summed E-state index contributed by atoms with van der Waals surface area (Å²) < 4.78 is 23.3. The van der Waals surface area contributed by atoms with Gasteiger partial charge in [0.1, 0.15) is 5.60 Å². The van der Waals surface area contributed by atoms with E-state index in [1.54, 1.807) is 0 Å². The molecule has 0 radical (unpaired) electrons. The van der Waals surface area contributed by atoms with E-state index in [0.717, 1.165) is 11.1 Å². The maximum atomic E-state index is 11.1. The minimum Gasteiger partial charge on any atom is -0.328 e. The lowest BCUT2D eigenvalue weighted by atomic mass is 9.58. The van der Waals surface area contributed by atoms with Crippen LogP contribution in [0.3, 0.4) is 0 Å². The van der Waals surface area contributed by atoms with E-state index >= 15 is 0 Å². The van der Waals surface area contributed by atoms with E-state index in [-0.39, 0.29) is 10.8 Å². The van der Waals surface area contributed by atoms with Gasteiger partial charge in [0.05, 0.1) is 25.2 Å². The SMILES string of the molecule is Cc1cc(C(C)(C)C)cc(C(C)(C)C)c1C(OP(O)O)(c1c(C)cc(C(C)(C)C)cc1C(C)(C)C)C(COP(O)O)(COP(O)O)COP(O)O. The second-order valence-corrected chi connectivity index (χ2v) is 20.3. The van der Waals surface area contributed by atoms with Gasteiger partial charge in [0.2, 0.25) is 0 Å². The van der Waals surface area contributed by atoms with E-state index in [0.29, 0.717) is 33.4 Å². The number of rotatable bonds is 14. The van der Waals surface area contributed by atoms with Crippen LogP contribution in [-0.2, 0) is 45.4 Å². The molecule has 0 spiro atoms. The zero-order valence-corrected chi connectivity index (χ0v) is 36.0. The Morgan fingerprint density at radius 3 is 0.961 bits per heavy atom. The van der Waals surface area contributed by atoms with Crippen LogP contribution in [0.5, 0.6) is 0 Å². The van der Waals surface area contributed by atoms with Crippen LogP contribution in [0.2, 0.25) is 0 Å². The number of aryl methyl sites for hydroxylation is 2. The molecule has 16 heteroatoms. The third-order valence-electron chi connectivity index (χ3n) is 9.06. The van der Waals surface area contributed by atoms with E-state index in [1.807, 2.05) is 79.7 Å². The van der Waals surface area contributed by atoms with Gasteiger partial charge in [0, 0.05) is 0 Å². The molecule has 0 heterocycles. The molecule has 2 aromatic rings. The van der Waals surface area contributed by atoms with E-state index in [1.165, 1.54) is 0 Å². The standard InChI is InChI=1S/C35H60O12P4/c1-22-15-24(30(3,4)5)17-26(32(9,10)11)28(22)35(47-51(42)43,29-23(2)16-25(31(6,7)8)18-27(29)33(12,13)14)34(19-44-48(36)37,20-45-49(38)39)21-46-50(40)41/h15-18,36-43H,19-21H2,1-14H3. The largest absolute Gasteiger partial charge is 0.328 e. The van der Waals surface area contributed by atoms with Crippen molar-refractivity contribution in [3.63, 3.8) is 0 Å². The van der Waals surface area contributed by atoms with Crippen LogP contribution in [-0.4, -0.2) is 59.0 Å². The first-order valence-electron chi connectivity index (χ1n) is 16.5. The molecule has 2 aromatic carbocycles. The average Bonchev–Trinajstić information content (AvgIpc) is 2.92. The molecular weight excluding hydrogens is 736 g/mol. The molecule has 0 atom stereocenters. The lowest BCUT2D eigenvalue weighted by molar-refractivity contribution is -0.115. The fraction of sp³-hybridized carbons (Fsp3) is 0.657. The summed E-state index contributed by atoms with van der Waals surface area (Å²) in [6.07, 6.45) is 0. The van der Waals surface area contributed by atoms with Crippen molar-refractivity contribution >= 4 is 34.4 Å². The maximum absolute atomic E-state index is 11.1. The van der Waals surface area contributed by atoms with Crippen LogP contribution >= 0.6 is 34.4 Å². The smallest absolute Gasteiger partial charge is 0.328 e. The number of benzene rings is 2. The van der Waals surface area contributed by atoms with Crippen molar-refractivity contribution in [3.05, 3.63) is 68.8 Å². The Kier molecular flexibility index (Phi) is 15.8. The molecule has 8 N–H and O–H groups in total. The third-order valence-corrected chi connectivity index (χ3v) is 10.6. The van der Waals surface area contributed by atoms with Crippen molar-refractivity contribution in [2.45, 2.75) is 124 Å². The zero-order valence-electron chi connectivity index (χ0n) is 32.4. The van der Waals surface area contributed by atoms with Crippen molar-refractivity contribution in [2.24, 2.45) is 5.41 Å². The molecule has 0 saturated heterocycles. The Morgan fingerprint density at radius 2 is 0.745 bits per heavy atom. The number of hydrogen-bond acceptors (Lipinski definition) is 12. The van der Waals surface area contributed by atoms with Gasteiger partial charge in [0.25, 0.3) is 0 Å². The summed E-state index contributed by atoms with van der Waals surface area (Å²) in [5.41, 5.74) is -0.553. The molecule has 0 aliphatic heterocycles. The van der Waals surface area contributed by atoms with Crippen molar-refractivity contribution < 1.29 is 57.2 Å². The summed E-state index contributed by atoms with van der Waals surface area (Å²) >= 11 is 0. The predicted molar refractivity (Wildman–Crippen MR) is 205 cm³/mol. The highest BCUT2D eigenvalue weighted by molar-refractivity contribution is 7.40. The van der Waals surface area contributed by atoms with Gasteiger partial charge in [-0.05, 0) is 80.0 Å². The van der Waals surface area contributed by atoms with Gasteiger partial charge in [-0.15, -0.1) is 0 Å². The average molecular weight is 797 g/mol. The molecule has 292 valence electrons. The fourth-order valence-corrected chi connectivity index (χ4v) is 8.21. The minimum atomic E-state index is -3.29. The van der Waals surface area contributed by atoms with Gasteiger partial charge < -0.3 is 52.7 Å². The maximum Gasteiger partial charge on any atom is 0.328 e. The molecule has 12 nitrogen and oxygen atoms in total. The predicted octanol–water partition coefficient (Wildman–Crippen LogP) is 7.64. The van der Waals surface area contributed by atoms with Crippen LogP contribution in [0.1, 0.15) is 128 Å². The topological polar surface area (TPSA) is 199 Å². The van der Waals surface area contributed by atoms with Gasteiger partial charge >= 0.3 is 34.4 Å². The monoisotopic (exact) mass is 796 g/mol. The van der Waals surface area contributed by atoms with Crippen molar-refractivity contribution in [3.8, 4) is 0 Å². The third kappa shape index (κ3) is 11.4. The van der Waals surface area contributed by atoms with Gasteiger partial charge in [-0.25, -0.2) is 0 Å². The van der Waals surface area contributed by atoms with Crippen LogP contribution < -0.4 is 0 Å². The second-order valence-electron chi connectivity index (χ2n) is 17.3. The number of hydrogen-bond donors (Lipinski definition) is 8. The van der Waals surface area contributed by atoms with Crippen LogP contribution in [0.4, 0.5) is 0 Å². The molecule has 51 heavy (non-hydrogen) atoms. The molecule has 0 saturated carbocycles. The molecule has 0 unspecified atom stereocenters. The summed E-state index contributed by atoms with van der Waals surface area (Å²) in [5, 5.41) is 0. The molecule has 2 rings (SSSR count). The van der Waals surface area contributed by atoms with Gasteiger partial charge in [-0.1, -0.05) is 107 Å². The summed E-state index contributed by atoms with van der Waals surface area (Å²) in [6.45, 7) is 26.0. The normalized spacial score (nSPS) is 14.2. The molecule has 0 bridgehead atoms. The first-order valence-corrected chi connectivity index (χ1v) is 21.2. The van der Waals surface area contributed by atoms with Gasteiger partial charge in [-0.3, -0.25) is 4.52 Å². The highest BCUT2D eigenvalue weighted by Crippen LogP contribution is 2.61. The summed E-state index contributed by atoms with van der Waals surface area (Å²) in [4.78, 5) is 83.3. The summed E-state index contributed by atoms with van der Waals surface area (Å²) in [6, 6.07) is 8.01. The first-order chi connectivity index (χ1) is 22.9. The van der Waals surface area contributed by atoms with Gasteiger partial charge in [0.15, 0.2) is 0 Å². The Labute approximate surface area is 309 Å². The van der Waals surface area contributed by atoms with Crippen molar-refractivity contribution in [2.75, 3.05) is 19.8 Å². The Morgan fingerprint density at radius 1 is 0.451 bits per heavy atom. The quantitative estimate of drug-likeness (QED) is 0.0871. The Hall–Kier alpha value is -0.320. The summed E-state index contributed by atoms with van der Waals surface area (Å²) in [7, 11) is -12.5. The lowest BCUT2D eigenvalue weighted by Crippen LogP contribution is -2.58. The van der Waals surface area contributed by atoms with Gasteiger partial charge in [-0.2, -0.15) is 0 Å². The van der Waals surface area contributed by atoms with E-state index in [4.69, 9.17) is 18.1 Å². The van der Waals surface area contributed by atoms with E-state index < -0.39 is 76.1 Å². The minimum absolute atomic E-state index is 0.322. The highest BCUT2D eigenvalue weighted by Gasteiger charge is 2.62. The zero-order chi connectivity index (χ0) is 39.7. The highest BCUT2D eigenvalue weighted by atomic mass is 31.2. The van der Waals surface area contributed by atoms with E-state index in [2.05, 4.69) is 41.5 Å². The van der Waals surface area contributed by atoms with Crippen LogP contribution in [0, 0.1) is 19.3 Å². The molecule has 0 fully saturated rings. The fourth-order valence-electron chi connectivity index (χ4n) is 6.50.